The van der Waals surface area contributed by atoms with Crippen LogP contribution < -0.4 is 5.32 Å². The minimum Gasteiger partial charge on any atom is -0.357 e. The van der Waals surface area contributed by atoms with E-state index in [4.69, 9.17) is 9.98 Å². The third-order valence-corrected chi connectivity index (χ3v) is 5.95. The van der Waals surface area contributed by atoms with Gasteiger partial charge in [-0.15, -0.1) is 24.0 Å². The molecular formula is C18H32IN5S. The Morgan fingerprint density at radius 3 is 2.92 bits per heavy atom. The van der Waals surface area contributed by atoms with Gasteiger partial charge in [0.15, 0.2) is 5.96 Å². The molecule has 0 amide bonds. The Kier molecular flexibility index (Phi) is 7.91. The Morgan fingerprint density at radius 2 is 2.20 bits per heavy atom. The number of rotatable bonds is 4. The number of nitrogens with zero attached hydrogens (tertiary/aromatic N) is 4. The predicted octanol–water partition coefficient (Wildman–Crippen LogP) is 3.17. The number of aromatic nitrogens is 2. The summed E-state index contributed by atoms with van der Waals surface area (Å²) in [4.78, 5) is 12.1. The highest BCUT2D eigenvalue weighted by Crippen LogP contribution is 2.29. The fourth-order valence-electron chi connectivity index (χ4n) is 3.49. The number of nitrogens with one attached hydrogen (secondary N) is 1. The van der Waals surface area contributed by atoms with E-state index in [2.05, 4.69) is 53.5 Å². The molecule has 1 N–H and O–H groups in total. The van der Waals surface area contributed by atoms with E-state index in [0.717, 1.165) is 51.5 Å². The van der Waals surface area contributed by atoms with Crippen molar-refractivity contribution < 1.29 is 0 Å². The van der Waals surface area contributed by atoms with Crippen molar-refractivity contribution in [1.29, 1.82) is 0 Å². The van der Waals surface area contributed by atoms with Crippen LogP contribution in [0.25, 0.3) is 0 Å². The molecule has 0 bridgehead atoms. The first-order valence-corrected chi connectivity index (χ1v) is 10.3. The highest BCUT2D eigenvalue weighted by atomic mass is 127. The van der Waals surface area contributed by atoms with Crippen LogP contribution >= 0.6 is 35.7 Å². The van der Waals surface area contributed by atoms with Crippen molar-refractivity contribution in [3.63, 3.8) is 0 Å². The van der Waals surface area contributed by atoms with Gasteiger partial charge in [-0.1, -0.05) is 0 Å². The maximum Gasteiger partial charge on any atom is 0.193 e. The Morgan fingerprint density at radius 1 is 1.36 bits per heavy atom. The zero-order valence-corrected chi connectivity index (χ0v) is 18.9. The van der Waals surface area contributed by atoms with Gasteiger partial charge in [0.25, 0.3) is 0 Å². The van der Waals surface area contributed by atoms with Crippen LogP contribution in [0.5, 0.6) is 0 Å². The first-order chi connectivity index (χ1) is 11.6. The normalized spacial score (nSPS) is 20.0. The molecule has 2 aliphatic rings. The minimum atomic E-state index is 0. The van der Waals surface area contributed by atoms with E-state index in [-0.39, 0.29) is 24.0 Å². The van der Waals surface area contributed by atoms with Gasteiger partial charge >= 0.3 is 0 Å². The molecule has 0 saturated carbocycles. The molecule has 0 radical (unpaired) electrons. The van der Waals surface area contributed by atoms with Crippen molar-refractivity contribution >= 4 is 41.7 Å². The molecule has 0 aliphatic carbocycles. The second kappa shape index (κ2) is 9.48. The number of halogens is 1. The monoisotopic (exact) mass is 477 g/mol. The van der Waals surface area contributed by atoms with Gasteiger partial charge in [-0.25, -0.2) is 4.98 Å². The smallest absolute Gasteiger partial charge is 0.193 e. The molecule has 1 aromatic rings. The first kappa shape index (κ1) is 20.9. The van der Waals surface area contributed by atoms with Crippen LogP contribution in [-0.2, 0) is 19.4 Å². The van der Waals surface area contributed by atoms with Gasteiger partial charge in [0.1, 0.15) is 5.82 Å². The van der Waals surface area contributed by atoms with Gasteiger partial charge < -0.3 is 14.8 Å². The molecule has 25 heavy (non-hydrogen) atoms. The molecule has 0 atom stereocenters. The molecule has 0 unspecified atom stereocenters. The molecule has 3 heterocycles. The lowest BCUT2D eigenvalue weighted by Crippen LogP contribution is -2.51. The molecule has 7 heteroatoms. The van der Waals surface area contributed by atoms with E-state index < -0.39 is 0 Å². The molecule has 1 aromatic heterocycles. The molecule has 0 spiro atoms. The largest absolute Gasteiger partial charge is 0.357 e. The van der Waals surface area contributed by atoms with Gasteiger partial charge in [-0.3, -0.25) is 4.99 Å². The summed E-state index contributed by atoms with van der Waals surface area (Å²) in [5, 5.41) is 3.47. The summed E-state index contributed by atoms with van der Waals surface area (Å²) in [7, 11) is 0. The van der Waals surface area contributed by atoms with Crippen LogP contribution in [0.3, 0.4) is 0 Å². The highest BCUT2D eigenvalue weighted by Gasteiger charge is 2.28. The first-order valence-electron chi connectivity index (χ1n) is 9.29. The van der Waals surface area contributed by atoms with Gasteiger partial charge in [-0.2, -0.15) is 11.8 Å². The average molecular weight is 477 g/mol. The van der Waals surface area contributed by atoms with Crippen LogP contribution in [0.1, 0.15) is 45.1 Å². The lowest BCUT2D eigenvalue weighted by Gasteiger charge is -2.39. The van der Waals surface area contributed by atoms with E-state index in [1.54, 1.807) is 0 Å². The summed E-state index contributed by atoms with van der Waals surface area (Å²) < 4.78 is 2.63. The predicted molar refractivity (Wildman–Crippen MR) is 118 cm³/mol. The SMILES string of the molecule is CCNC(=NCCc1cn2c(n1)CCCC2)N1CCSC(C)(C)C1.I. The Balaban J connectivity index is 0.00000225. The fourth-order valence-corrected chi connectivity index (χ4v) is 4.60. The lowest BCUT2D eigenvalue weighted by atomic mass is 10.2. The Bertz CT molecular complexity index is 561. The molecular weight excluding hydrogens is 445 g/mol. The number of hydrogen-bond donors (Lipinski definition) is 1. The Hall–Kier alpha value is -0.440. The number of guanidine groups is 1. The lowest BCUT2D eigenvalue weighted by molar-refractivity contribution is 0.376. The van der Waals surface area contributed by atoms with E-state index in [1.807, 2.05) is 0 Å². The highest BCUT2D eigenvalue weighted by molar-refractivity contribution is 14.0. The van der Waals surface area contributed by atoms with Crippen molar-refractivity contribution in [2.45, 2.75) is 57.7 Å². The molecule has 0 aromatic carbocycles. The fraction of sp³-hybridized carbons (Fsp3) is 0.778. The van der Waals surface area contributed by atoms with Crippen LogP contribution in [0.4, 0.5) is 0 Å². The summed E-state index contributed by atoms with van der Waals surface area (Å²) >= 11 is 2.06. The molecule has 2 aliphatic heterocycles. The van der Waals surface area contributed by atoms with E-state index >= 15 is 0 Å². The second-order valence-electron chi connectivity index (χ2n) is 7.31. The number of thioether (sulfide) groups is 1. The maximum absolute atomic E-state index is 4.88. The molecule has 3 rings (SSSR count). The zero-order chi connectivity index (χ0) is 17.0. The van der Waals surface area contributed by atoms with Crippen LogP contribution in [-0.4, -0.2) is 57.1 Å². The van der Waals surface area contributed by atoms with Crippen molar-refractivity contribution in [3.05, 3.63) is 17.7 Å². The van der Waals surface area contributed by atoms with Crippen LogP contribution in [0.15, 0.2) is 11.2 Å². The second-order valence-corrected chi connectivity index (χ2v) is 9.12. The van der Waals surface area contributed by atoms with Crippen molar-refractivity contribution in [3.8, 4) is 0 Å². The number of fused-ring (bicyclic) bond motifs is 1. The van der Waals surface area contributed by atoms with Gasteiger partial charge in [0.2, 0.25) is 0 Å². The van der Waals surface area contributed by atoms with Crippen LogP contribution in [0.2, 0.25) is 0 Å². The summed E-state index contributed by atoms with van der Waals surface area (Å²) in [6, 6.07) is 0. The topological polar surface area (TPSA) is 45.5 Å². The maximum atomic E-state index is 4.88. The summed E-state index contributed by atoms with van der Waals surface area (Å²) in [6.45, 7) is 11.8. The van der Waals surface area contributed by atoms with Crippen LogP contribution in [0, 0.1) is 0 Å². The van der Waals surface area contributed by atoms with Gasteiger partial charge in [0, 0.05) is 62.3 Å². The van der Waals surface area contributed by atoms with E-state index in [9.17, 15) is 0 Å². The Labute approximate surface area is 173 Å². The third-order valence-electron chi connectivity index (χ3n) is 4.65. The summed E-state index contributed by atoms with van der Waals surface area (Å²) in [5.41, 5.74) is 1.20. The van der Waals surface area contributed by atoms with Gasteiger partial charge in [-0.05, 0) is 33.6 Å². The summed E-state index contributed by atoms with van der Waals surface area (Å²) in [5.74, 6) is 3.50. The van der Waals surface area contributed by atoms with Gasteiger partial charge in [0.05, 0.1) is 5.69 Å². The number of aryl methyl sites for hydroxylation is 2. The third kappa shape index (κ3) is 5.77. The quantitative estimate of drug-likeness (QED) is 0.411. The van der Waals surface area contributed by atoms with E-state index in [1.165, 1.54) is 30.1 Å². The zero-order valence-electron chi connectivity index (χ0n) is 15.8. The summed E-state index contributed by atoms with van der Waals surface area (Å²) in [6.07, 6.45) is 6.86. The van der Waals surface area contributed by atoms with Crippen molar-refractivity contribution in [2.75, 3.05) is 31.9 Å². The number of imidazole rings is 1. The standard InChI is InChI=1S/C18H31N5S.HI/c1-4-19-17(23-11-12-24-18(2,3)14-23)20-9-8-15-13-22-10-6-5-7-16(22)21-15;/h13H,4-12,14H2,1-3H3,(H,19,20);1H. The number of hydrogen-bond acceptors (Lipinski definition) is 3. The van der Waals surface area contributed by atoms with Crippen molar-refractivity contribution in [1.82, 2.24) is 19.8 Å². The molecule has 5 nitrogen and oxygen atoms in total. The molecule has 1 saturated heterocycles. The van der Waals surface area contributed by atoms with E-state index in [0.29, 0.717) is 4.75 Å². The van der Waals surface area contributed by atoms with Crippen molar-refractivity contribution in [2.24, 2.45) is 4.99 Å². The molecule has 142 valence electrons. The average Bonchev–Trinajstić information content (AvgIpc) is 2.96. The minimum absolute atomic E-state index is 0. The molecule has 1 fully saturated rings. The number of aliphatic imine (C=N–C) groups is 1.